The number of hydrogen-bond acceptors (Lipinski definition) is 2. The van der Waals surface area contributed by atoms with Gasteiger partial charge in [-0.3, -0.25) is 4.79 Å². The van der Waals surface area contributed by atoms with E-state index in [4.69, 9.17) is 0 Å². The van der Waals surface area contributed by atoms with Crippen LogP contribution in [-0.2, 0) is 0 Å². The van der Waals surface area contributed by atoms with E-state index in [0.717, 1.165) is 16.9 Å². The minimum Gasteiger partial charge on any atom is -0.293 e. The summed E-state index contributed by atoms with van der Waals surface area (Å²) in [5.41, 5.74) is 3.18. The third-order valence-electron chi connectivity index (χ3n) is 2.37. The van der Waals surface area contributed by atoms with Gasteiger partial charge in [0.25, 0.3) is 0 Å². The van der Waals surface area contributed by atoms with Crippen molar-refractivity contribution in [2.75, 3.05) is 11.5 Å². The highest BCUT2D eigenvalue weighted by atomic mass is 32.2. The number of carbonyl (C=O) groups is 1. The van der Waals surface area contributed by atoms with Gasteiger partial charge in [0.15, 0.2) is 5.78 Å². The molecule has 1 aromatic carbocycles. The van der Waals surface area contributed by atoms with Crippen molar-refractivity contribution in [3.63, 3.8) is 0 Å². The summed E-state index contributed by atoms with van der Waals surface area (Å²) >= 11 is 1.73. The number of aryl methyl sites for hydroxylation is 2. The molecule has 2 heteroatoms. The van der Waals surface area contributed by atoms with Gasteiger partial charge in [0.05, 0.1) is 5.75 Å². The fraction of sp³-hybridized carbons (Fsp3) is 0.500. The summed E-state index contributed by atoms with van der Waals surface area (Å²) in [7, 11) is 0. The average Bonchev–Trinajstić information content (AvgIpc) is 2.16. The van der Waals surface area contributed by atoms with Crippen LogP contribution >= 0.6 is 11.8 Å². The van der Waals surface area contributed by atoms with Crippen molar-refractivity contribution in [2.24, 2.45) is 5.92 Å². The van der Waals surface area contributed by atoms with Crippen LogP contribution in [0, 0.1) is 19.8 Å². The normalized spacial score (nSPS) is 10.8. The van der Waals surface area contributed by atoms with Gasteiger partial charge >= 0.3 is 0 Å². The highest BCUT2D eigenvalue weighted by Crippen LogP contribution is 2.15. The lowest BCUT2D eigenvalue weighted by atomic mass is 10.0. The van der Waals surface area contributed by atoms with E-state index in [9.17, 15) is 4.79 Å². The first kappa shape index (κ1) is 13.3. The monoisotopic (exact) mass is 236 g/mol. The number of carbonyl (C=O) groups excluding carboxylic acids is 1. The molecule has 0 aliphatic rings. The molecule has 0 aliphatic carbocycles. The van der Waals surface area contributed by atoms with Gasteiger partial charge < -0.3 is 0 Å². The Bertz CT molecular complexity index is 369. The lowest BCUT2D eigenvalue weighted by Crippen LogP contribution is -2.06. The number of Topliss-reactive ketones (excluding diaryl/α,β-unsaturated/α-hetero) is 1. The number of ketones is 1. The third-order valence-corrected chi connectivity index (χ3v) is 3.74. The Hall–Kier alpha value is -0.760. The lowest BCUT2D eigenvalue weighted by Gasteiger charge is -2.07. The number of hydrogen-bond donors (Lipinski definition) is 0. The van der Waals surface area contributed by atoms with Crippen LogP contribution in [0.15, 0.2) is 18.2 Å². The smallest absolute Gasteiger partial charge is 0.172 e. The first-order valence-electron chi connectivity index (χ1n) is 5.69. The van der Waals surface area contributed by atoms with Crippen LogP contribution in [0.3, 0.4) is 0 Å². The van der Waals surface area contributed by atoms with E-state index in [1.807, 2.05) is 19.1 Å². The molecule has 0 aromatic heterocycles. The summed E-state index contributed by atoms with van der Waals surface area (Å²) in [6.07, 6.45) is 0. The van der Waals surface area contributed by atoms with Crippen molar-refractivity contribution < 1.29 is 4.79 Å². The highest BCUT2D eigenvalue weighted by molar-refractivity contribution is 7.99. The maximum absolute atomic E-state index is 11.9. The zero-order chi connectivity index (χ0) is 12.1. The minimum absolute atomic E-state index is 0.253. The molecular formula is C14H20OS. The zero-order valence-electron chi connectivity index (χ0n) is 10.5. The Morgan fingerprint density at radius 2 is 2.00 bits per heavy atom. The molecule has 0 unspecified atom stereocenters. The Morgan fingerprint density at radius 1 is 1.31 bits per heavy atom. The molecule has 1 nitrogen and oxygen atoms in total. The quantitative estimate of drug-likeness (QED) is 0.722. The van der Waals surface area contributed by atoms with Gasteiger partial charge in [-0.2, -0.15) is 11.8 Å². The van der Waals surface area contributed by atoms with Crippen LogP contribution in [0.25, 0.3) is 0 Å². The zero-order valence-corrected chi connectivity index (χ0v) is 11.4. The summed E-state index contributed by atoms with van der Waals surface area (Å²) < 4.78 is 0. The molecule has 0 N–H and O–H groups in total. The molecule has 0 saturated carbocycles. The second-order valence-electron chi connectivity index (χ2n) is 4.65. The number of benzene rings is 1. The van der Waals surface area contributed by atoms with Gasteiger partial charge in [-0.05, 0) is 31.1 Å². The SMILES string of the molecule is Cc1ccc(C(=O)CSCC(C)C)c(C)c1. The van der Waals surface area contributed by atoms with E-state index in [0.29, 0.717) is 11.7 Å². The molecule has 0 fully saturated rings. The van der Waals surface area contributed by atoms with Crippen LogP contribution in [-0.4, -0.2) is 17.3 Å². The summed E-state index contributed by atoms with van der Waals surface area (Å²) in [4.78, 5) is 11.9. The molecule has 0 radical (unpaired) electrons. The Balaban J connectivity index is 2.59. The van der Waals surface area contributed by atoms with Crippen molar-refractivity contribution in [3.8, 4) is 0 Å². The van der Waals surface area contributed by atoms with Crippen molar-refractivity contribution in [2.45, 2.75) is 27.7 Å². The van der Waals surface area contributed by atoms with Crippen LogP contribution in [0.4, 0.5) is 0 Å². The van der Waals surface area contributed by atoms with E-state index in [-0.39, 0.29) is 5.78 Å². The first-order chi connectivity index (χ1) is 7.50. The van der Waals surface area contributed by atoms with Crippen molar-refractivity contribution in [1.29, 1.82) is 0 Å². The fourth-order valence-corrected chi connectivity index (χ4v) is 2.52. The van der Waals surface area contributed by atoms with E-state index in [1.165, 1.54) is 5.56 Å². The molecule has 0 saturated heterocycles. The molecule has 16 heavy (non-hydrogen) atoms. The molecule has 0 aliphatic heterocycles. The lowest BCUT2D eigenvalue weighted by molar-refractivity contribution is 0.102. The fourth-order valence-electron chi connectivity index (χ4n) is 1.59. The topological polar surface area (TPSA) is 17.1 Å². The highest BCUT2D eigenvalue weighted by Gasteiger charge is 2.09. The second kappa shape index (κ2) is 6.09. The van der Waals surface area contributed by atoms with Gasteiger partial charge in [-0.1, -0.05) is 37.6 Å². The largest absolute Gasteiger partial charge is 0.293 e. The molecular weight excluding hydrogens is 216 g/mol. The predicted octanol–water partition coefficient (Wildman–Crippen LogP) is 3.88. The van der Waals surface area contributed by atoms with Gasteiger partial charge in [-0.15, -0.1) is 0 Å². The Kier molecular flexibility index (Phi) is 5.07. The van der Waals surface area contributed by atoms with Gasteiger partial charge in [-0.25, -0.2) is 0 Å². The number of thioether (sulfide) groups is 1. The maximum atomic E-state index is 11.9. The molecule has 88 valence electrons. The molecule has 0 amide bonds. The van der Waals surface area contributed by atoms with E-state index in [1.54, 1.807) is 11.8 Å². The van der Waals surface area contributed by atoms with Crippen LogP contribution in [0.2, 0.25) is 0 Å². The van der Waals surface area contributed by atoms with E-state index >= 15 is 0 Å². The van der Waals surface area contributed by atoms with Gasteiger partial charge in [0, 0.05) is 5.56 Å². The van der Waals surface area contributed by atoms with Crippen LogP contribution in [0.5, 0.6) is 0 Å². The van der Waals surface area contributed by atoms with Crippen molar-refractivity contribution >= 4 is 17.5 Å². The van der Waals surface area contributed by atoms with Gasteiger partial charge in [0.1, 0.15) is 0 Å². The average molecular weight is 236 g/mol. The van der Waals surface area contributed by atoms with Crippen LogP contribution < -0.4 is 0 Å². The molecule has 0 bridgehead atoms. The van der Waals surface area contributed by atoms with E-state index < -0.39 is 0 Å². The molecule has 0 atom stereocenters. The van der Waals surface area contributed by atoms with Gasteiger partial charge in [0.2, 0.25) is 0 Å². The molecule has 0 heterocycles. The molecule has 0 spiro atoms. The first-order valence-corrected chi connectivity index (χ1v) is 6.84. The standard InChI is InChI=1S/C14H20OS/c1-10(2)8-16-9-14(15)13-6-5-11(3)7-12(13)4/h5-7,10H,8-9H2,1-4H3. The van der Waals surface area contributed by atoms with Crippen LogP contribution in [0.1, 0.15) is 35.3 Å². The molecule has 1 aromatic rings. The summed E-state index contributed by atoms with van der Waals surface area (Å²) in [6.45, 7) is 8.41. The number of rotatable bonds is 5. The minimum atomic E-state index is 0.253. The maximum Gasteiger partial charge on any atom is 0.172 e. The Labute approximate surface area is 103 Å². The van der Waals surface area contributed by atoms with E-state index in [2.05, 4.69) is 26.8 Å². The summed E-state index contributed by atoms with van der Waals surface area (Å²) in [6, 6.07) is 6.02. The summed E-state index contributed by atoms with van der Waals surface area (Å²) in [5.74, 6) is 2.55. The Morgan fingerprint density at radius 3 is 2.56 bits per heavy atom. The van der Waals surface area contributed by atoms with Crippen molar-refractivity contribution in [3.05, 3.63) is 34.9 Å². The van der Waals surface area contributed by atoms with Crippen molar-refractivity contribution in [1.82, 2.24) is 0 Å². The molecule has 1 rings (SSSR count). The third kappa shape index (κ3) is 4.01. The summed E-state index contributed by atoms with van der Waals surface area (Å²) in [5, 5.41) is 0. The predicted molar refractivity (Wildman–Crippen MR) is 72.4 cm³/mol. The second-order valence-corrected chi connectivity index (χ2v) is 5.68.